The van der Waals surface area contributed by atoms with Gasteiger partial charge in [-0.15, -0.1) is 0 Å². The van der Waals surface area contributed by atoms with Crippen molar-refractivity contribution in [3.05, 3.63) is 64.9 Å². The standard InChI is InChI=1S/C19H20ClFN2O2/c1-3-12(2)17(19(25)22-16-10-8-15(21)9-11-16)23-18(24)13-4-6-14(20)7-5-13/h4-12,17H,3H2,1-2H3,(H,22,25)(H,23,24). The van der Waals surface area contributed by atoms with Crippen LogP contribution in [0, 0.1) is 11.7 Å². The van der Waals surface area contributed by atoms with Gasteiger partial charge in [-0.2, -0.15) is 0 Å². The highest BCUT2D eigenvalue weighted by atomic mass is 35.5. The Morgan fingerprint density at radius 2 is 1.68 bits per heavy atom. The zero-order valence-electron chi connectivity index (χ0n) is 14.1. The molecule has 0 saturated carbocycles. The minimum absolute atomic E-state index is 0.0725. The number of nitrogens with one attached hydrogen (secondary N) is 2. The van der Waals surface area contributed by atoms with E-state index in [9.17, 15) is 14.0 Å². The van der Waals surface area contributed by atoms with Gasteiger partial charge < -0.3 is 10.6 Å². The predicted octanol–water partition coefficient (Wildman–Crippen LogP) is 4.26. The zero-order valence-corrected chi connectivity index (χ0v) is 14.8. The minimum Gasteiger partial charge on any atom is -0.340 e. The van der Waals surface area contributed by atoms with E-state index < -0.39 is 6.04 Å². The second-order valence-corrected chi connectivity index (χ2v) is 6.28. The molecule has 0 aliphatic heterocycles. The normalized spacial score (nSPS) is 13.0. The number of amides is 2. The van der Waals surface area contributed by atoms with E-state index in [0.29, 0.717) is 22.7 Å². The van der Waals surface area contributed by atoms with E-state index in [4.69, 9.17) is 11.6 Å². The lowest BCUT2D eigenvalue weighted by molar-refractivity contribution is -0.119. The molecule has 2 rings (SSSR count). The van der Waals surface area contributed by atoms with Crippen LogP contribution in [-0.2, 0) is 4.79 Å². The molecular formula is C19H20ClFN2O2. The monoisotopic (exact) mass is 362 g/mol. The molecule has 0 aliphatic carbocycles. The molecule has 0 radical (unpaired) electrons. The first-order chi connectivity index (χ1) is 11.9. The van der Waals surface area contributed by atoms with Gasteiger partial charge in [0.2, 0.25) is 5.91 Å². The topological polar surface area (TPSA) is 58.2 Å². The molecule has 25 heavy (non-hydrogen) atoms. The first-order valence-corrected chi connectivity index (χ1v) is 8.41. The smallest absolute Gasteiger partial charge is 0.251 e. The van der Waals surface area contributed by atoms with Crippen LogP contribution in [0.1, 0.15) is 30.6 Å². The Labute approximate surface area is 151 Å². The number of carbonyl (C=O) groups is 2. The lowest BCUT2D eigenvalue weighted by atomic mass is 9.97. The van der Waals surface area contributed by atoms with Crippen molar-refractivity contribution in [1.82, 2.24) is 5.32 Å². The molecule has 4 nitrogen and oxygen atoms in total. The fourth-order valence-electron chi connectivity index (χ4n) is 2.28. The Hall–Kier alpha value is -2.40. The molecule has 132 valence electrons. The first-order valence-electron chi connectivity index (χ1n) is 8.03. The maximum absolute atomic E-state index is 13.0. The molecular weight excluding hydrogens is 343 g/mol. The van der Waals surface area contributed by atoms with Crippen LogP contribution in [0.2, 0.25) is 5.02 Å². The molecule has 2 unspecified atom stereocenters. The van der Waals surface area contributed by atoms with Gasteiger partial charge in [-0.25, -0.2) is 4.39 Å². The molecule has 2 atom stereocenters. The number of benzene rings is 2. The van der Waals surface area contributed by atoms with Gasteiger partial charge in [0.1, 0.15) is 11.9 Å². The fourth-order valence-corrected chi connectivity index (χ4v) is 2.41. The van der Waals surface area contributed by atoms with Crippen LogP contribution >= 0.6 is 11.6 Å². The van der Waals surface area contributed by atoms with E-state index in [1.54, 1.807) is 24.3 Å². The van der Waals surface area contributed by atoms with Crippen LogP contribution in [0.25, 0.3) is 0 Å². The average molecular weight is 363 g/mol. The third kappa shape index (κ3) is 5.29. The van der Waals surface area contributed by atoms with Gasteiger partial charge in [-0.05, 0) is 54.4 Å². The Balaban J connectivity index is 2.11. The van der Waals surface area contributed by atoms with Crippen LogP contribution in [-0.4, -0.2) is 17.9 Å². The molecule has 0 saturated heterocycles. The number of hydrogen-bond donors (Lipinski definition) is 2. The SMILES string of the molecule is CCC(C)C(NC(=O)c1ccc(Cl)cc1)C(=O)Nc1ccc(F)cc1. The van der Waals surface area contributed by atoms with Crippen molar-refractivity contribution in [1.29, 1.82) is 0 Å². The van der Waals surface area contributed by atoms with Crippen molar-refractivity contribution < 1.29 is 14.0 Å². The summed E-state index contributed by atoms with van der Waals surface area (Å²) in [4.78, 5) is 25.0. The second kappa shape index (κ2) is 8.62. The van der Waals surface area contributed by atoms with Crippen LogP contribution in [0.15, 0.2) is 48.5 Å². The highest BCUT2D eigenvalue weighted by Crippen LogP contribution is 2.15. The van der Waals surface area contributed by atoms with Crippen LogP contribution in [0.3, 0.4) is 0 Å². The highest BCUT2D eigenvalue weighted by molar-refractivity contribution is 6.30. The van der Waals surface area contributed by atoms with E-state index in [-0.39, 0.29) is 23.5 Å². The summed E-state index contributed by atoms with van der Waals surface area (Å²) in [6.07, 6.45) is 0.711. The van der Waals surface area contributed by atoms with E-state index in [1.165, 1.54) is 24.3 Å². The van der Waals surface area contributed by atoms with Crippen molar-refractivity contribution in [2.24, 2.45) is 5.92 Å². The zero-order chi connectivity index (χ0) is 18.4. The van der Waals surface area contributed by atoms with Gasteiger partial charge >= 0.3 is 0 Å². The molecule has 6 heteroatoms. The molecule has 2 aromatic rings. The van der Waals surface area contributed by atoms with Gasteiger partial charge in [-0.3, -0.25) is 9.59 Å². The lowest BCUT2D eigenvalue weighted by Crippen LogP contribution is -2.47. The second-order valence-electron chi connectivity index (χ2n) is 5.84. The Morgan fingerprint density at radius 3 is 2.24 bits per heavy atom. The van der Waals surface area contributed by atoms with Crippen molar-refractivity contribution in [2.75, 3.05) is 5.32 Å². The Morgan fingerprint density at radius 1 is 1.08 bits per heavy atom. The fraction of sp³-hybridized carbons (Fsp3) is 0.263. The molecule has 2 aromatic carbocycles. The van der Waals surface area contributed by atoms with Crippen molar-refractivity contribution in [2.45, 2.75) is 26.3 Å². The third-order valence-corrected chi connectivity index (χ3v) is 4.25. The molecule has 2 N–H and O–H groups in total. The van der Waals surface area contributed by atoms with Crippen molar-refractivity contribution in [3.8, 4) is 0 Å². The maximum atomic E-state index is 13.0. The Kier molecular flexibility index (Phi) is 6.53. The summed E-state index contributed by atoms with van der Waals surface area (Å²) in [6, 6.07) is 11.2. The van der Waals surface area contributed by atoms with Gasteiger partial charge in [0.05, 0.1) is 0 Å². The summed E-state index contributed by atoms with van der Waals surface area (Å²) >= 11 is 5.82. The van der Waals surface area contributed by atoms with Crippen LogP contribution in [0.5, 0.6) is 0 Å². The summed E-state index contributed by atoms with van der Waals surface area (Å²) in [5.41, 5.74) is 0.896. The molecule has 2 amide bonds. The quantitative estimate of drug-likeness (QED) is 0.806. The molecule has 0 heterocycles. The van der Waals surface area contributed by atoms with E-state index >= 15 is 0 Å². The van der Waals surface area contributed by atoms with Gasteiger partial charge in [0.15, 0.2) is 0 Å². The predicted molar refractivity (Wildman–Crippen MR) is 97.2 cm³/mol. The number of hydrogen-bond acceptors (Lipinski definition) is 2. The van der Waals surface area contributed by atoms with Crippen molar-refractivity contribution >= 4 is 29.1 Å². The molecule has 0 aliphatic rings. The first kappa shape index (κ1) is 18.9. The number of halogens is 2. The summed E-state index contributed by atoms with van der Waals surface area (Å²) in [5.74, 6) is -1.15. The van der Waals surface area contributed by atoms with Crippen molar-refractivity contribution in [3.63, 3.8) is 0 Å². The molecule has 0 spiro atoms. The summed E-state index contributed by atoms with van der Waals surface area (Å²) in [5, 5.41) is 6.01. The van der Waals surface area contributed by atoms with Crippen LogP contribution < -0.4 is 10.6 Å². The summed E-state index contributed by atoms with van der Waals surface area (Å²) < 4.78 is 13.0. The van der Waals surface area contributed by atoms with Gasteiger partial charge in [0.25, 0.3) is 5.91 Å². The lowest BCUT2D eigenvalue weighted by Gasteiger charge is -2.23. The average Bonchev–Trinajstić information content (AvgIpc) is 2.61. The minimum atomic E-state index is -0.710. The molecule has 0 bridgehead atoms. The van der Waals surface area contributed by atoms with E-state index in [0.717, 1.165) is 0 Å². The van der Waals surface area contributed by atoms with Gasteiger partial charge in [-0.1, -0.05) is 31.9 Å². The third-order valence-electron chi connectivity index (χ3n) is 4.00. The summed E-state index contributed by atoms with van der Waals surface area (Å²) in [7, 11) is 0. The molecule has 0 fully saturated rings. The summed E-state index contributed by atoms with van der Waals surface area (Å²) in [6.45, 7) is 3.83. The largest absolute Gasteiger partial charge is 0.340 e. The number of rotatable bonds is 6. The van der Waals surface area contributed by atoms with Gasteiger partial charge in [0, 0.05) is 16.3 Å². The molecule has 0 aromatic heterocycles. The number of anilines is 1. The Bertz CT molecular complexity index is 732. The maximum Gasteiger partial charge on any atom is 0.251 e. The van der Waals surface area contributed by atoms with E-state index in [2.05, 4.69) is 10.6 Å². The van der Waals surface area contributed by atoms with Crippen LogP contribution in [0.4, 0.5) is 10.1 Å². The van der Waals surface area contributed by atoms with E-state index in [1.807, 2.05) is 13.8 Å². The number of carbonyl (C=O) groups excluding carboxylic acids is 2. The highest BCUT2D eigenvalue weighted by Gasteiger charge is 2.26.